The van der Waals surface area contributed by atoms with Crippen LogP contribution in [0.25, 0.3) is 0 Å². The van der Waals surface area contributed by atoms with Gasteiger partial charge in [0.15, 0.2) is 0 Å². The quantitative estimate of drug-likeness (QED) is 0.557. The lowest BCUT2D eigenvalue weighted by Crippen LogP contribution is -2.30. The lowest BCUT2D eigenvalue weighted by atomic mass is 9.87. The Hall–Kier alpha value is -0.0400. The highest BCUT2D eigenvalue weighted by atomic mass is 14.9. The fraction of sp³-hybridized carbons (Fsp3) is 1.00. The van der Waals surface area contributed by atoms with Crippen LogP contribution in [0.2, 0.25) is 0 Å². The fourth-order valence-corrected chi connectivity index (χ4v) is 1.65. The molecule has 0 N–H and O–H groups in total. The van der Waals surface area contributed by atoms with Crippen LogP contribution in [0.3, 0.4) is 0 Å². The Labute approximate surface area is 64.2 Å². The van der Waals surface area contributed by atoms with Crippen LogP contribution in [-0.4, -0.2) is 13.1 Å². The van der Waals surface area contributed by atoms with Crippen molar-refractivity contribution in [3.8, 4) is 0 Å². The van der Waals surface area contributed by atoms with E-state index < -0.39 is 0 Å². The molecule has 0 spiro atoms. The molecule has 1 fully saturated rings. The summed E-state index contributed by atoms with van der Waals surface area (Å²) in [4.78, 5) is 0. The molecule has 1 nitrogen and oxygen atoms in total. The minimum Gasteiger partial charge on any atom is -0.241 e. The van der Waals surface area contributed by atoms with Crippen molar-refractivity contribution in [3.05, 3.63) is 0 Å². The third-order valence-corrected chi connectivity index (χ3v) is 2.60. The molecular weight excluding hydrogens is 122 g/mol. The van der Waals surface area contributed by atoms with E-state index in [2.05, 4.69) is 19.2 Å². The zero-order chi connectivity index (χ0) is 7.40. The van der Waals surface area contributed by atoms with E-state index in [0.717, 1.165) is 24.9 Å². The van der Waals surface area contributed by atoms with Crippen LogP contribution in [-0.2, 0) is 0 Å². The van der Waals surface area contributed by atoms with Gasteiger partial charge < -0.3 is 0 Å². The van der Waals surface area contributed by atoms with E-state index in [0.29, 0.717) is 0 Å². The summed E-state index contributed by atoms with van der Waals surface area (Å²) in [5.74, 6) is 1.80. The molecule has 1 heterocycles. The summed E-state index contributed by atoms with van der Waals surface area (Å²) in [6.07, 6.45) is 4.07. The molecule has 1 rings (SSSR count). The van der Waals surface area contributed by atoms with Crippen LogP contribution in [0.1, 0.15) is 33.1 Å². The second-order valence-electron chi connectivity index (χ2n) is 3.37. The van der Waals surface area contributed by atoms with Crippen LogP contribution in [0, 0.1) is 11.8 Å². The Morgan fingerprint density at radius 2 is 1.60 bits per heavy atom. The Kier molecular flexibility index (Phi) is 3.20. The summed E-state index contributed by atoms with van der Waals surface area (Å²) in [5.41, 5.74) is 0. The summed E-state index contributed by atoms with van der Waals surface area (Å²) in [6.45, 7) is 6.82. The molecule has 10 heavy (non-hydrogen) atoms. The molecule has 1 aliphatic rings. The predicted molar refractivity (Wildman–Crippen MR) is 44.0 cm³/mol. The third kappa shape index (κ3) is 1.98. The summed E-state index contributed by atoms with van der Waals surface area (Å²) in [5, 5.41) is 4.48. The predicted octanol–water partition coefficient (Wildman–Crippen LogP) is 2.05. The molecule has 2 atom stereocenters. The van der Waals surface area contributed by atoms with Gasteiger partial charge in [-0.1, -0.05) is 26.7 Å². The van der Waals surface area contributed by atoms with Gasteiger partial charge in [-0.2, -0.15) is 0 Å². The Morgan fingerprint density at radius 1 is 1.10 bits per heavy atom. The molecule has 1 radical (unpaired) electrons. The molecule has 1 saturated heterocycles. The van der Waals surface area contributed by atoms with E-state index in [1.54, 1.807) is 0 Å². The van der Waals surface area contributed by atoms with Gasteiger partial charge >= 0.3 is 0 Å². The molecule has 0 aromatic heterocycles. The van der Waals surface area contributed by atoms with Crippen LogP contribution in [0.5, 0.6) is 0 Å². The molecule has 0 bridgehead atoms. The summed E-state index contributed by atoms with van der Waals surface area (Å²) in [7, 11) is 0. The maximum absolute atomic E-state index is 4.48. The van der Waals surface area contributed by atoms with E-state index >= 15 is 0 Å². The van der Waals surface area contributed by atoms with Crippen molar-refractivity contribution >= 4 is 0 Å². The molecule has 1 aliphatic heterocycles. The molecule has 0 aromatic rings. The van der Waals surface area contributed by atoms with Gasteiger partial charge in [-0.25, -0.2) is 5.32 Å². The van der Waals surface area contributed by atoms with Crippen molar-refractivity contribution in [1.82, 2.24) is 5.32 Å². The first-order valence-corrected chi connectivity index (χ1v) is 4.50. The molecule has 0 saturated carbocycles. The van der Waals surface area contributed by atoms with Crippen LogP contribution < -0.4 is 5.32 Å². The molecule has 0 aromatic carbocycles. The molecule has 0 unspecified atom stereocenters. The first kappa shape index (κ1) is 8.06. The van der Waals surface area contributed by atoms with Gasteiger partial charge in [0.25, 0.3) is 0 Å². The average Bonchev–Trinajstić information content (AvgIpc) is 2.05. The van der Waals surface area contributed by atoms with Crippen molar-refractivity contribution in [3.63, 3.8) is 0 Å². The van der Waals surface area contributed by atoms with Gasteiger partial charge in [0.2, 0.25) is 0 Å². The van der Waals surface area contributed by atoms with E-state index in [4.69, 9.17) is 0 Å². The summed E-state index contributed by atoms with van der Waals surface area (Å²) < 4.78 is 0. The third-order valence-electron chi connectivity index (χ3n) is 2.60. The van der Waals surface area contributed by atoms with Gasteiger partial charge in [-0.3, -0.25) is 0 Å². The minimum absolute atomic E-state index is 0.902. The van der Waals surface area contributed by atoms with Crippen molar-refractivity contribution in [1.29, 1.82) is 0 Å². The highest BCUT2D eigenvalue weighted by Crippen LogP contribution is 2.21. The molecule has 0 aliphatic carbocycles. The maximum Gasteiger partial charge on any atom is 0.0161 e. The SMILES string of the molecule is CC[C@@H]1C[N]C[C@H](CC)C1. The summed E-state index contributed by atoms with van der Waals surface area (Å²) >= 11 is 0. The summed E-state index contributed by atoms with van der Waals surface area (Å²) in [6, 6.07) is 0. The first-order chi connectivity index (χ1) is 4.86. The van der Waals surface area contributed by atoms with Crippen molar-refractivity contribution in [2.24, 2.45) is 11.8 Å². The highest BCUT2D eigenvalue weighted by Gasteiger charge is 2.19. The van der Waals surface area contributed by atoms with Gasteiger partial charge in [0.1, 0.15) is 0 Å². The molecular formula is C9H18N. The van der Waals surface area contributed by atoms with Gasteiger partial charge in [0, 0.05) is 13.1 Å². The number of rotatable bonds is 2. The van der Waals surface area contributed by atoms with Gasteiger partial charge in [0.05, 0.1) is 0 Å². The fourth-order valence-electron chi connectivity index (χ4n) is 1.65. The number of hydrogen-bond donors (Lipinski definition) is 0. The van der Waals surface area contributed by atoms with E-state index in [1.165, 1.54) is 19.3 Å². The Morgan fingerprint density at radius 3 is 2.00 bits per heavy atom. The second-order valence-corrected chi connectivity index (χ2v) is 3.37. The number of nitrogens with zero attached hydrogens (tertiary/aromatic N) is 1. The smallest absolute Gasteiger partial charge is 0.0161 e. The zero-order valence-corrected chi connectivity index (χ0v) is 7.14. The standard InChI is InChI=1S/C9H18N/c1-3-8-5-9(4-2)7-10-6-8/h8-9H,3-7H2,1-2H3/t8-,9+. The van der Waals surface area contributed by atoms with Crippen LogP contribution in [0.4, 0.5) is 0 Å². The van der Waals surface area contributed by atoms with Crippen molar-refractivity contribution < 1.29 is 0 Å². The lowest BCUT2D eigenvalue weighted by Gasteiger charge is -2.27. The largest absolute Gasteiger partial charge is 0.241 e. The normalized spacial score (nSPS) is 34.2. The second kappa shape index (κ2) is 3.97. The molecule has 0 amide bonds. The lowest BCUT2D eigenvalue weighted by molar-refractivity contribution is 0.270. The topological polar surface area (TPSA) is 14.1 Å². The molecule has 59 valence electrons. The number of piperidine rings is 1. The van der Waals surface area contributed by atoms with Gasteiger partial charge in [-0.15, -0.1) is 0 Å². The van der Waals surface area contributed by atoms with E-state index in [-0.39, 0.29) is 0 Å². The van der Waals surface area contributed by atoms with Crippen LogP contribution >= 0.6 is 0 Å². The average molecular weight is 140 g/mol. The first-order valence-electron chi connectivity index (χ1n) is 4.50. The number of hydrogen-bond acceptors (Lipinski definition) is 0. The van der Waals surface area contributed by atoms with Crippen molar-refractivity contribution in [2.45, 2.75) is 33.1 Å². The Balaban J connectivity index is 2.25. The monoisotopic (exact) mass is 140 g/mol. The Bertz CT molecular complexity index is 80.7. The van der Waals surface area contributed by atoms with E-state index in [1.807, 2.05) is 0 Å². The maximum atomic E-state index is 4.48. The van der Waals surface area contributed by atoms with Crippen molar-refractivity contribution in [2.75, 3.05) is 13.1 Å². The zero-order valence-electron chi connectivity index (χ0n) is 7.14. The highest BCUT2D eigenvalue weighted by molar-refractivity contribution is 4.73. The van der Waals surface area contributed by atoms with Gasteiger partial charge in [-0.05, 0) is 18.3 Å². The van der Waals surface area contributed by atoms with E-state index in [9.17, 15) is 0 Å². The minimum atomic E-state index is 0.902. The molecule has 1 heteroatoms. The van der Waals surface area contributed by atoms with Crippen LogP contribution in [0.15, 0.2) is 0 Å².